The van der Waals surface area contributed by atoms with E-state index in [1.54, 1.807) is 6.92 Å². The van der Waals surface area contributed by atoms with Gasteiger partial charge in [-0.05, 0) is 50.8 Å². The number of Topliss-reactive ketones (excluding diaryl/α,β-unsaturated/α-hetero) is 1. The monoisotopic (exact) mass is 274 g/mol. The Labute approximate surface area is 122 Å². The van der Waals surface area contributed by atoms with Crippen LogP contribution in [0.4, 0.5) is 0 Å². The molecule has 0 aromatic heterocycles. The lowest BCUT2D eigenvalue weighted by molar-refractivity contribution is -0.116. The molecule has 0 aliphatic rings. The average Bonchev–Trinajstić information content (AvgIpc) is 2.43. The first-order valence-corrected chi connectivity index (χ1v) is 7.48. The number of carbonyl (C=O) groups excluding carboxylic acids is 1. The summed E-state index contributed by atoms with van der Waals surface area (Å²) in [4.78, 5) is 10.9. The summed E-state index contributed by atoms with van der Waals surface area (Å²) in [5.74, 6) is 1.14. The molecular formula is C18H26O2. The maximum atomic E-state index is 10.9. The topological polar surface area (TPSA) is 26.3 Å². The number of ketones is 1. The van der Waals surface area contributed by atoms with Gasteiger partial charge in [0.15, 0.2) is 0 Å². The van der Waals surface area contributed by atoms with Crippen LogP contribution in [-0.2, 0) is 11.2 Å². The van der Waals surface area contributed by atoms with Gasteiger partial charge in [-0.3, -0.25) is 0 Å². The molecule has 0 saturated heterocycles. The number of ether oxygens (including phenoxy) is 1. The lowest BCUT2D eigenvalue weighted by Gasteiger charge is -2.06. The molecule has 0 saturated carbocycles. The van der Waals surface area contributed by atoms with Crippen molar-refractivity contribution in [3.05, 3.63) is 41.5 Å². The first-order chi connectivity index (χ1) is 9.61. The third kappa shape index (κ3) is 7.13. The highest BCUT2D eigenvalue weighted by Gasteiger charge is 1.98. The lowest BCUT2D eigenvalue weighted by atomic mass is 10.1. The second-order valence-electron chi connectivity index (χ2n) is 5.28. The van der Waals surface area contributed by atoms with Crippen LogP contribution < -0.4 is 4.74 Å². The Bertz CT molecular complexity index is 429. The normalized spacial score (nSPS) is 11.4. The Kier molecular flexibility index (Phi) is 7.71. The fourth-order valence-corrected chi connectivity index (χ4v) is 2.05. The predicted molar refractivity (Wildman–Crippen MR) is 84.2 cm³/mol. The fraction of sp³-hybridized carbons (Fsp3) is 0.500. The van der Waals surface area contributed by atoms with Crippen LogP contribution in [0.5, 0.6) is 5.75 Å². The zero-order valence-electron chi connectivity index (χ0n) is 12.9. The van der Waals surface area contributed by atoms with Crippen molar-refractivity contribution in [2.45, 2.75) is 52.9 Å². The molecule has 0 N–H and O–H groups in total. The van der Waals surface area contributed by atoms with Crippen LogP contribution in [0.1, 0.15) is 52.0 Å². The zero-order valence-corrected chi connectivity index (χ0v) is 12.9. The minimum absolute atomic E-state index is 0.236. The second kappa shape index (κ2) is 9.35. The molecule has 0 heterocycles. The highest BCUT2D eigenvalue weighted by atomic mass is 16.5. The van der Waals surface area contributed by atoms with Gasteiger partial charge in [0.25, 0.3) is 0 Å². The quantitative estimate of drug-likeness (QED) is 0.481. The maximum absolute atomic E-state index is 10.9. The van der Waals surface area contributed by atoms with Crippen LogP contribution in [0.15, 0.2) is 35.9 Å². The Morgan fingerprint density at radius 2 is 1.85 bits per heavy atom. The molecule has 0 aliphatic carbocycles. The van der Waals surface area contributed by atoms with Gasteiger partial charge in [0, 0.05) is 6.42 Å². The van der Waals surface area contributed by atoms with E-state index in [-0.39, 0.29) is 5.78 Å². The minimum Gasteiger partial charge on any atom is -0.493 e. The van der Waals surface area contributed by atoms with Crippen molar-refractivity contribution in [1.82, 2.24) is 0 Å². The standard InChI is InChI=1S/C18H26O2/c1-4-6-15(2)7-5-14-20-18-12-10-17(11-13-18)9-8-16(3)19/h7,10-13H,4-6,8-9,14H2,1-3H3. The van der Waals surface area contributed by atoms with Gasteiger partial charge in [-0.2, -0.15) is 0 Å². The first-order valence-electron chi connectivity index (χ1n) is 7.48. The molecule has 0 fully saturated rings. The van der Waals surface area contributed by atoms with Gasteiger partial charge in [0.05, 0.1) is 6.61 Å². The third-order valence-corrected chi connectivity index (χ3v) is 3.21. The average molecular weight is 274 g/mol. The van der Waals surface area contributed by atoms with E-state index in [0.29, 0.717) is 13.0 Å². The van der Waals surface area contributed by atoms with Gasteiger partial charge in [-0.25, -0.2) is 0 Å². The van der Waals surface area contributed by atoms with E-state index in [1.165, 1.54) is 24.0 Å². The van der Waals surface area contributed by atoms with E-state index in [2.05, 4.69) is 19.9 Å². The summed E-state index contributed by atoms with van der Waals surface area (Å²) >= 11 is 0. The summed E-state index contributed by atoms with van der Waals surface area (Å²) in [6, 6.07) is 8.04. The molecule has 0 bridgehead atoms. The van der Waals surface area contributed by atoms with Gasteiger partial charge < -0.3 is 9.53 Å². The van der Waals surface area contributed by atoms with Crippen LogP contribution in [-0.4, -0.2) is 12.4 Å². The SMILES string of the molecule is CCCC(C)=CCCOc1ccc(CCC(C)=O)cc1. The van der Waals surface area contributed by atoms with Crippen LogP contribution in [0, 0.1) is 0 Å². The summed E-state index contributed by atoms with van der Waals surface area (Å²) in [5, 5.41) is 0. The molecule has 2 nitrogen and oxygen atoms in total. The minimum atomic E-state index is 0.236. The van der Waals surface area contributed by atoms with Gasteiger partial charge in [0.2, 0.25) is 0 Å². The van der Waals surface area contributed by atoms with Crippen LogP contribution in [0.2, 0.25) is 0 Å². The summed E-state index contributed by atoms with van der Waals surface area (Å²) in [5.41, 5.74) is 2.63. The van der Waals surface area contributed by atoms with Gasteiger partial charge in [-0.15, -0.1) is 0 Å². The number of rotatable bonds is 9. The molecule has 1 aromatic carbocycles. The molecule has 2 heteroatoms. The Morgan fingerprint density at radius 1 is 1.15 bits per heavy atom. The first kappa shape index (κ1) is 16.5. The summed E-state index contributed by atoms with van der Waals surface area (Å²) in [6.45, 7) is 6.72. The molecule has 20 heavy (non-hydrogen) atoms. The van der Waals surface area contributed by atoms with Gasteiger partial charge in [0.1, 0.15) is 11.5 Å². The molecule has 0 spiro atoms. The molecule has 0 aliphatic heterocycles. The number of aryl methyl sites for hydroxylation is 1. The molecular weight excluding hydrogens is 248 g/mol. The zero-order chi connectivity index (χ0) is 14.8. The van der Waals surface area contributed by atoms with E-state index in [9.17, 15) is 4.79 Å². The maximum Gasteiger partial charge on any atom is 0.130 e. The van der Waals surface area contributed by atoms with Crippen molar-refractivity contribution < 1.29 is 9.53 Å². The van der Waals surface area contributed by atoms with E-state index >= 15 is 0 Å². The number of benzene rings is 1. The summed E-state index contributed by atoms with van der Waals surface area (Å²) < 4.78 is 5.70. The largest absolute Gasteiger partial charge is 0.493 e. The highest BCUT2D eigenvalue weighted by molar-refractivity contribution is 5.75. The third-order valence-electron chi connectivity index (χ3n) is 3.21. The lowest BCUT2D eigenvalue weighted by Crippen LogP contribution is -1.97. The van der Waals surface area contributed by atoms with Gasteiger partial charge >= 0.3 is 0 Å². The van der Waals surface area contributed by atoms with Crippen LogP contribution >= 0.6 is 0 Å². The van der Waals surface area contributed by atoms with Crippen molar-refractivity contribution in [3.8, 4) is 5.75 Å². The Morgan fingerprint density at radius 3 is 2.45 bits per heavy atom. The predicted octanol–water partition coefficient (Wildman–Crippen LogP) is 4.72. The second-order valence-corrected chi connectivity index (χ2v) is 5.28. The number of carbonyl (C=O) groups is 1. The van der Waals surface area contributed by atoms with Crippen molar-refractivity contribution in [1.29, 1.82) is 0 Å². The van der Waals surface area contributed by atoms with Gasteiger partial charge in [-0.1, -0.05) is 37.1 Å². The molecule has 0 amide bonds. The smallest absolute Gasteiger partial charge is 0.130 e. The molecule has 0 atom stereocenters. The van der Waals surface area contributed by atoms with E-state index in [0.717, 1.165) is 18.6 Å². The Balaban J connectivity index is 2.31. The van der Waals surface area contributed by atoms with Crippen molar-refractivity contribution in [2.24, 2.45) is 0 Å². The van der Waals surface area contributed by atoms with E-state index < -0.39 is 0 Å². The highest BCUT2D eigenvalue weighted by Crippen LogP contribution is 2.14. The number of allylic oxidation sites excluding steroid dienone is 1. The van der Waals surface area contributed by atoms with Crippen LogP contribution in [0.3, 0.4) is 0 Å². The Hall–Kier alpha value is -1.57. The number of hydrogen-bond acceptors (Lipinski definition) is 2. The molecule has 0 radical (unpaired) electrons. The molecule has 110 valence electrons. The summed E-state index contributed by atoms with van der Waals surface area (Å²) in [6.07, 6.45) is 7.01. The van der Waals surface area contributed by atoms with Crippen LogP contribution in [0.25, 0.3) is 0 Å². The molecule has 0 unspecified atom stereocenters. The van der Waals surface area contributed by atoms with E-state index in [4.69, 9.17) is 4.74 Å². The number of hydrogen-bond donors (Lipinski definition) is 0. The fourth-order valence-electron chi connectivity index (χ4n) is 2.05. The van der Waals surface area contributed by atoms with Crippen molar-refractivity contribution >= 4 is 5.78 Å². The van der Waals surface area contributed by atoms with E-state index in [1.807, 2.05) is 24.3 Å². The molecule has 1 rings (SSSR count). The summed E-state index contributed by atoms with van der Waals surface area (Å²) in [7, 11) is 0. The van der Waals surface area contributed by atoms with Crippen molar-refractivity contribution in [2.75, 3.05) is 6.61 Å². The van der Waals surface area contributed by atoms with Crippen molar-refractivity contribution in [3.63, 3.8) is 0 Å². The molecule has 1 aromatic rings.